The predicted molar refractivity (Wildman–Crippen MR) is 90.1 cm³/mol. The van der Waals surface area contributed by atoms with Gasteiger partial charge in [-0.2, -0.15) is 0 Å². The molecule has 1 aliphatic carbocycles. The monoisotopic (exact) mass is 303 g/mol. The van der Waals surface area contributed by atoms with Crippen molar-refractivity contribution in [3.05, 3.63) is 69.0 Å². The maximum atomic E-state index is 10.9. The number of ether oxygens (including phenoxy) is 1. The second-order valence-corrected chi connectivity index (χ2v) is 5.40. The summed E-state index contributed by atoms with van der Waals surface area (Å²) in [7, 11) is 1.69. The van der Waals surface area contributed by atoms with Crippen LogP contribution < -0.4 is 0 Å². The van der Waals surface area contributed by atoms with E-state index < -0.39 is 0 Å². The van der Waals surface area contributed by atoms with Crippen LogP contribution in [0, 0.1) is 10.1 Å². The zero-order chi connectivity index (χ0) is 16.5. The van der Waals surface area contributed by atoms with Crippen molar-refractivity contribution in [1.82, 2.24) is 0 Å². The third kappa shape index (κ3) is 5.82. The molecule has 0 aliphatic heterocycles. The van der Waals surface area contributed by atoms with Crippen LogP contribution in [0.5, 0.6) is 0 Å². The first-order chi connectivity index (χ1) is 10.5. The van der Waals surface area contributed by atoms with E-state index in [-0.39, 0.29) is 16.7 Å². The molecular formula is C18H25NO3. The lowest BCUT2D eigenvalue weighted by atomic mass is 9.94. The second kappa shape index (κ2) is 9.15. The molecule has 0 fully saturated rings. The molecule has 0 saturated carbocycles. The van der Waals surface area contributed by atoms with Crippen LogP contribution in [0.4, 0.5) is 0 Å². The van der Waals surface area contributed by atoms with Crippen molar-refractivity contribution in [1.29, 1.82) is 0 Å². The normalized spacial score (nSPS) is 24.4. The molecule has 1 rings (SSSR count). The highest BCUT2D eigenvalue weighted by atomic mass is 16.6. The first kappa shape index (κ1) is 18.1. The van der Waals surface area contributed by atoms with E-state index in [1.54, 1.807) is 19.3 Å². The van der Waals surface area contributed by atoms with Gasteiger partial charge in [-0.3, -0.25) is 10.1 Å². The molecule has 1 atom stereocenters. The smallest absolute Gasteiger partial charge is 0.269 e. The predicted octanol–water partition coefficient (Wildman–Crippen LogP) is 4.74. The molecule has 0 amide bonds. The summed E-state index contributed by atoms with van der Waals surface area (Å²) in [6.45, 7) is 6.10. The minimum Gasteiger partial charge on any atom is -0.378 e. The molecule has 0 aromatic rings. The van der Waals surface area contributed by atoms with Crippen molar-refractivity contribution in [3.8, 4) is 0 Å². The average Bonchev–Trinajstić information content (AvgIpc) is 2.45. The van der Waals surface area contributed by atoms with Gasteiger partial charge in [0.2, 0.25) is 0 Å². The molecule has 0 N–H and O–H groups in total. The van der Waals surface area contributed by atoms with Crippen LogP contribution in [-0.2, 0) is 4.74 Å². The fourth-order valence-electron chi connectivity index (χ4n) is 2.32. The number of hydrogen-bond donors (Lipinski definition) is 0. The molecule has 22 heavy (non-hydrogen) atoms. The largest absolute Gasteiger partial charge is 0.378 e. The van der Waals surface area contributed by atoms with E-state index in [4.69, 9.17) is 4.74 Å². The molecule has 0 aromatic carbocycles. The van der Waals surface area contributed by atoms with E-state index in [2.05, 4.69) is 19.1 Å². The van der Waals surface area contributed by atoms with Crippen LogP contribution in [-0.4, -0.2) is 18.1 Å². The maximum Gasteiger partial charge on any atom is 0.269 e. The molecular weight excluding hydrogens is 278 g/mol. The zero-order valence-corrected chi connectivity index (χ0v) is 13.8. The minimum atomic E-state index is -0.349. The quantitative estimate of drug-likeness (QED) is 0.404. The Balaban J connectivity index is 2.91. The van der Waals surface area contributed by atoms with Gasteiger partial charge < -0.3 is 4.74 Å². The van der Waals surface area contributed by atoms with Crippen LogP contribution in [0.25, 0.3) is 0 Å². The molecule has 0 bridgehead atoms. The summed E-state index contributed by atoms with van der Waals surface area (Å²) in [5.74, 6) is 0. The van der Waals surface area contributed by atoms with Gasteiger partial charge in [0.25, 0.3) is 5.70 Å². The summed E-state index contributed by atoms with van der Waals surface area (Å²) in [4.78, 5) is 10.5. The summed E-state index contributed by atoms with van der Waals surface area (Å²) in [5.41, 5.74) is 3.76. The van der Waals surface area contributed by atoms with Gasteiger partial charge in [0, 0.05) is 19.3 Å². The second-order valence-electron chi connectivity index (χ2n) is 5.40. The van der Waals surface area contributed by atoms with Crippen molar-refractivity contribution >= 4 is 0 Å². The average molecular weight is 303 g/mol. The first-order valence-electron chi connectivity index (χ1n) is 7.55. The highest BCUT2D eigenvalue weighted by molar-refractivity contribution is 5.35. The topological polar surface area (TPSA) is 52.4 Å². The van der Waals surface area contributed by atoms with Gasteiger partial charge in [-0.25, -0.2) is 0 Å². The SMILES string of the molecule is C/C=C(C/C1=C/C=C([N+](=O)[O-])\C=C/CC1)\C(C)=C/C(C)OC. The standard InChI is InChI=1S/C18H25NO3/c1-5-17(14(2)12-15(3)22-4)13-16-8-6-7-9-18(11-10-16)19(20)21/h5,7,9-12,15H,6,8,13H2,1-4H3/b9-7-,14-12-,16-10+,17-5-,18-11+. The minimum absolute atomic E-state index is 0.0742. The maximum absolute atomic E-state index is 10.9. The summed E-state index contributed by atoms with van der Waals surface area (Å²) in [6, 6.07) is 0. The number of allylic oxidation sites excluding steroid dienone is 8. The molecule has 0 spiro atoms. The van der Waals surface area contributed by atoms with Crippen LogP contribution in [0.3, 0.4) is 0 Å². The van der Waals surface area contributed by atoms with Gasteiger partial charge in [-0.05, 0) is 51.2 Å². The molecule has 0 saturated heterocycles. The summed E-state index contributed by atoms with van der Waals surface area (Å²) in [6.07, 6.45) is 13.7. The number of methoxy groups -OCH3 is 1. The summed E-state index contributed by atoms with van der Waals surface area (Å²) >= 11 is 0. The van der Waals surface area contributed by atoms with Gasteiger partial charge in [-0.1, -0.05) is 29.9 Å². The third-order valence-corrected chi connectivity index (χ3v) is 3.75. The fraction of sp³-hybridized carbons (Fsp3) is 0.444. The Labute approximate surface area is 132 Å². The molecule has 1 aliphatic rings. The Morgan fingerprint density at radius 1 is 1.50 bits per heavy atom. The lowest BCUT2D eigenvalue weighted by molar-refractivity contribution is -0.419. The van der Waals surface area contributed by atoms with Crippen molar-refractivity contribution in [2.24, 2.45) is 0 Å². The van der Waals surface area contributed by atoms with E-state index in [1.807, 2.05) is 26.0 Å². The van der Waals surface area contributed by atoms with E-state index >= 15 is 0 Å². The van der Waals surface area contributed by atoms with Crippen LogP contribution in [0.1, 0.15) is 40.0 Å². The third-order valence-electron chi connectivity index (χ3n) is 3.75. The van der Waals surface area contributed by atoms with Crippen LogP contribution in [0.15, 0.2) is 58.9 Å². The number of nitro groups is 1. The van der Waals surface area contributed by atoms with E-state index in [0.29, 0.717) is 0 Å². The summed E-state index contributed by atoms with van der Waals surface area (Å²) in [5, 5.41) is 10.9. The molecule has 0 radical (unpaired) electrons. The van der Waals surface area contributed by atoms with Crippen LogP contribution in [0.2, 0.25) is 0 Å². The van der Waals surface area contributed by atoms with Crippen molar-refractivity contribution < 1.29 is 9.66 Å². The van der Waals surface area contributed by atoms with Gasteiger partial charge in [0.15, 0.2) is 0 Å². The number of nitrogens with zero attached hydrogens (tertiary/aromatic N) is 1. The van der Waals surface area contributed by atoms with E-state index in [0.717, 1.165) is 19.3 Å². The molecule has 4 nitrogen and oxygen atoms in total. The Hall–Kier alpha value is -1.94. The van der Waals surface area contributed by atoms with E-state index in [1.165, 1.54) is 16.7 Å². The number of hydrogen-bond acceptors (Lipinski definition) is 3. The van der Waals surface area contributed by atoms with Gasteiger partial charge in [0.1, 0.15) is 0 Å². The Bertz CT molecular complexity index is 551. The zero-order valence-electron chi connectivity index (χ0n) is 13.8. The van der Waals surface area contributed by atoms with Crippen molar-refractivity contribution in [3.63, 3.8) is 0 Å². The fourth-order valence-corrected chi connectivity index (χ4v) is 2.32. The molecule has 4 heteroatoms. The van der Waals surface area contributed by atoms with Crippen molar-refractivity contribution in [2.45, 2.75) is 46.1 Å². The Kier molecular flexibility index (Phi) is 7.54. The molecule has 0 aromatic heterocycles. The molecule has 0 heterocycles. The van der Waals surface area contributed by atoms with Gasteiger partial charge in [-0.15, -0.1) is 0 Å². The van der Waals surface area contributed by atoms with Gasteiger partial charge in [0.05, 0.1) is 11.0 Å². The highest BCUT2D eigenvalue weighted by Gasteiger charge is 2.09. The lowest BCUT2D eigenvalue weighted by Gasteiger charge is -2.13. The van der Waals surface area contributed by atoms with Crippen molar-refractivity contribution in [2.75, 3.05) is 7.11 Å². The molecule has 120 valence electrons. The number of rotatable bonds is 6. The lowest BCUT2D eigenvalue weighted by Crippen LogP contribution is -2.02. The first-order valence-corrected chi connectivity index (χ1v) is 7.55. The van der Waals surface area contributed by atoms with Gasteiger partial charge >= 0.3 is 0 Å². The highest BCUT2D eigenvalue weighted by Crippen LogP contribution is 2.24. The molecule has 1 unspecified atom stereocenters. The Morgan fingerprint density at radius 3 is 2.82 bits per heavy atom. The summed E-state index contributed by atoms with van der Waals surface area (Å²) < 4.78 is 5.27. The van der Waals surface area contributed by atoms with E-state index in [9.17, 15) is 10.1 Å². The Morgan fingerprint density at radius 2 is 2.23 bits per heavy atom. The van der Waals surface area contributed by atoms with Crippen LogP contribution >= 0.6 is 0 Å².